The summed E-state index contributed by atoms with van der Waals surface area (Å²) in [6.45, 7) is 2.60. The number of amides is 1. The first kappa shape index (κ1) is 10.2. The molecule has 5 rings (SSSR count). The third kappa shape index (κ3) is 0.974. The van der Waals surface area contributed by atoms with Gasteiger partial charge in [0.15, 0.2) is 0 Å². The fraction of sp³-hybridized carbons (Fsp3) is 0.933. The lowest BCUT2D eigenvalue weighted by atomic mass is 9.80. The van der Waals surface area contributed by atoms with Crippen LogP contribution in [0.15, 0.2) is 0 Å². The molecule has 5 unspecified atom stereocenters. The van der Waals surface area contributed by atoms with Crippen molar-refractivity contribution in [2.75, 3.05) is 13.1 Å². The minimum absolute atomic E-state index is 0.455. The van der Waals surface area contributed by atoms with Crippen LogP contribution in [0.4, 0.5) is 0 Å². The maximum atomic E-state index is 12.4. The van der Waals surface area contributed by atoms with Crippen molar-refractivity contribution in [1.29, 1.82) is 0 Å². The first-order valence-electron chi connectivity index (χ1n) is 7.88. The van der Waals surface area contributed by atoms with Gasteiger partial charge in [-0.3, -0.25) is 9.69 Å². The Balaban J connectivity index is 1.59. The Morgan fingerprint density at radius 1 is 1.22 bits per heavy atom. The molecule has 4 aliphatic heterocycles. The highest BCUT2D eigenvalue weighted by molar-refractivity contribution is 5.79. The highest BCUT2D eigenvalue weighted by Crippen LogP contribution is 2.66. The summed E-state index contributed by atoms with van der Waals surface area (Å²) in [6, 6.07) is 1.23. The van der Waals surface area contributed by atoms with Crippen LogP contribution in [0.25, 0.3) is 0 Å². The summed E-state index contributed by atoms with van der Waals surface area (Å²) < 4.78 is 0. The Bertz CT molecular complexity index is 423. The molecule has 0 aromatic rings. The second-order valence-corrected chi connectivity index (χ2v) is 7.20. The number of carbonyl (C=O) groups excluding carboxylic acids is 1. The molecule has 5 aliphatic rings. The fourth-order valence-electron chi connectivity index (χ4n) is 6.05. The summed E-state index contributed by atoms with van der Waals surface area (Å²) in [5.41, 5.74) is 0.455. The first-order valence-corrected chi connectivity index (χ1v) is 7.88. The smallest absolute Gasteiger partial charge is 0.223 e. The molecule has 3 heteroatoms. The number of hydrogen-bond donors (Lipinski definition) is 0. The lowest BCUT2D eigenvalue weighted by Crippen LogP contribution is -2.53. The standard InChI is InChI=1S/C15H22N2O/c18-13-5-3-4-12-10-8-11-14(17(12)13)15(11)6-1-2-7-16(15)9-10/h10-12,14H,1-9H2. The summed E-state index contributed by atoms with van der Waals surface area (Å²) in [7, 11) is 0. The van der Waals surface area contributed by atoms with Crippen LogP contribution in [0.3, 0.4) is 0 Å². The van der Waals surface area contributed by atoms with E-state index < -0.39 is 0 Å². The van der Waals surface area contributed by atoms with E-state index in [0.29, 0.717) is 23.5 Å². The van der Waals surface area contributed by atoms with Crippen LogP contribution in [0.1, 0.15) is 44.9 Å². The second-order valence-electron chi connectivity index (χ2n) is 7.20. The van der Waals surface area contributed by atoms with Crippen LogP contribution in [0, 0.1) is 11.8 Å². The van der Waals surface area contributed by atoms with Gasteiger partial charge in [0.05, 0.1) is 6.04 Å². The van der Waals surface area contributed by atoms with E-state index in [4.69, 9.17) is 0 Å². The van der Waals surface area contributed by atoms with Crippen LogP contribution in [-0.2, 0) is 4.79 Å². The molecule has 18 heavy (non-hydrogen) atoms. The van der Waals surface area contributed by atoms with E-state index in [9.17, 15) is 4.79 Å². The van der Waals surface area contributed by atoms with Crippen molar-refractivity contribution < 1.29 is 4.79 Å². The summed E-state index contributed by atoms with van der Waals surface area (Å²) in [5.74, 6) is 2.12. The molecular weight excluding hydrogens is 224 g/mol. The van der Waals surface area contributed by atoms with Gasteiger partial charge >= 0.3 is 0 Å². The van der Waals surface area contributed by atoms with Crippen molar-refractivity contribution in [3.8, 4) is 0 Å². The predicted molar refractivity (Wildman–Crippen MR) is 68.0 cm³/mol. The molecule has 0 radical (unpaired) electrons. The van der Waals surface area contributed by atoms with E-state index in [2.05, 4.69) is 9.80 Å². The molecule has 5 fully saturated rings. The first-order chi connectivity index (χ1) is 8.82. The number of nitrogens with zero attached hydrogens (tertiary/aromatic N) is 2. The van der Waals surface area contributed by atoms with Gasteiger partial charge in [-0.2, -0.15) is 0 Å². The number of carbonyl (C=O) groups is 1. The Hall–Kier alpha value is -0.570. The Morgan fingerprint density at radius 3 is 3.11 bits per heavy atom. The molecule has 1 amide bonds. The molecule has 1 aliphatic carbocycles. The van der Waals surface area contributed by atoms with E-state index in [1.165, 1.54) is 45.2 Å². The number of rotatable bonds is 0. The van der Waals surface area contributed by atoms with Crippen molar-refractivity contribution in [3.63, 3.8) is 0 Å². The molecule has 2 bridgehead atoms. The van der Waals surface area contributed by atoms with Crippen molar-refractivity contribution in [2.45, 2.75) is 62.6 Å². The zero-order valence-electron chi connectivity index (χ0n) is 11.0. The molecule has 0 N–H and O–H groups in total. The molecule has 4 saturated heterocycles. The van der Waals surface area contributed by atoms with Gasteiger partial charge in [-0.25, -0.2) is 0 Å². The summed E-state index contributed by atoms with van der Waals surface area (Å²) in [6.07, 6.45) is 8.81. The van der Waals surface area contributed by atoms with Crippen LogP contribution in [-0.4, -0.2) is 46.4 Å². The zero-order valence-corrected chi connectivity index (χ0v) is 11.0. The van der Waals surface area contributed by atoms with Crippen molar-refractivity contribution in [1.82, 2.24) is 9.80 Å². The van der Waals surface area contributed by atoms with Gasteiger partial charge in [-0.1, -0.05) is 6.42 Å². The highest BCUT2D eigenvalue weighted by atomic mass is 16.2. The molecule has 3 nitrogen and oxygen atoms in total. The normalized spacial score (nSPS) is 53.8. The summed E-state index contributed by atoms with van der Waals surface area (Å²) in [5, 5.41) is 0. The van der Waals surface area contributed by atoms with Gasteiger partial charge < -0.3 is 4.90 Å². The van der Waals surface area contributed by atoms with E-state index in [1.54, 1.807) is 0 Å². The molecule has 5 atom stereocenters. The molecule has 98 valence electrons. The maximum absolute atomic E-state index is 12.4. The SMILES string of the molecule is O=C1CCCC2C3CC4C(N12)C41CCCCN1C3. The highest BCUT2D eigenvalue weighted by Gasteiger charge is 2.76. The third-order valence-electron chi connectivity index (χ3n) is 6.66. The average Bonchev–Trinajstić information content (AvgIpc) is 3.07. The summed E-state index contributed by atoms with van der Waals surface area (Å²) >= 11 is 0. The molecule has 1 saturated carbocycles. The van der Waals surface area contributed by atoms with Crippen LogP contribution >= 0.6 is 0 Å². The molecular formula is C15H22N2O. The van der Waals surface area contributed by atoms with Crippen molar-refractivity contribution in [3.05, 3.63) is 0 Å². The monoisotopic (exact) mass is 246 g/mol. The van der Waals surface area contributed by atoms with Gasteiger partial charge in [0.2, 0.25) is 5.91 Å². The number of hydrogen-bond acceptors (Lipinski definition) is 2. The molecule has 0 aromatic heterocycles. The topological polar surface area (TPSA) is 23.6 Å². The number of fused-ring (bicyclic) bond motifs is 4. The van der Waals surface area contributed by atoms with Crippen molar-refractivity contribution >= 4 is 5.91 Å². The van der Waals surface area contributed by atoms with Crippen LogP contribution in [0.2, 0.25) is 0 Å². The quantitative estimate of drug-likeness (QED) is 0.648. The van der Waals surface area contributed by atoms with E-state index in [-0.39, 0.29) is 0 Å². The fourth-order valence-corrected chi connectivity index (χ4v) is 6.05. The van der Waals surface area contributed by atoms with E-state index >= 15 is 0 Å². The minimum Gasteiger partial charge on any atom is -0.334 e. The summed E-state index contributed by atoms with van der Waals surface area (Å²) in [4.78, 5) is 17.5. The Kier molecular flexibility index (Phi) is 1.77. The van der Waals surface area contributed by atoms with E-state index in [0.717, 1.165) is 24.7 Å². The second kappa shape index (κ2) is 3.12. The lowest BCUT2D eigenvalue weighted by Gasteiger charge is -2.45. The lowest BCUT2D eigenvalue weighted by molar-refractivity contribution is -0.140. The van der Waals surface area contributed by atoms with Gasteiger partial charge in [-0.05, 0) is 44.6 Å². The predicted octanol–water partition coefficient (Wildman–Crippen LogP) is 1.62. The van der Waals surface area contributed by atoms with Gasteiger partial charge in [-0.15, -0.1) is 0 Å². The zero-order chi connectivity index (χ0) is 11.9. The Morgan fingerprint density at radius 2 is 2.17 bits per heavy atom. The molecule has 4 heterocycles. The van der Waals surface area contributed by atoms with Gasteiger partial charge in [0.25, 0.3) is 0 Å². The average molecular weight is 246 g/mol. The van der Waals surface area contributed by atoms with Crippen LogP contribution in [0.5, 0.6) is 0 Å². The van der Waals surface area contributed by atoms with Gasteiger partial charge in [0.1, 0.15) is 0 Å². The van der Waals surface area contributed by atoms with Crippen molar-refractivity contribution in [2.24, 2.45) is 11.8 Å². The minimum atomic E-state index is 0.455. The third-order valence-corrected chi connectivity index (χ3v) is 6.66. The Labute approximate surface area is 109 Å². The molecule has 1 spiro atoms. The largest absolute Gasteiger partial charge is 0.334 e. The maximum Gasteiger partial charge on any atom is 0.223 e. The van der Waals surface area contributed by atoms with Crippen LogP contribution < -0.4 is 0 Å². The van der Waals surface area contributed by atoms with E-state index in [1.807, 2.05) is 0 Å². The number of piperidine rings is 4. The van der Waals surface area contributed by atoms with Gasteiger partial charge in [0, 0.05) is 30.5 Å². The molecule has 0 aromatic carbocycles.